The second kappa shape index (κ2) is 7.95. The molecular formula is C21H20N2O4. The van der Waals surface area contributed by atoms with Crippen LogP contribution in [0.1, 0.15) is 29.8 Å². The Bertz CT molecular complexity index is 1040. The Morgan fingerprint density at radius 3 is 2.52 bits per heavy atom. The molecule has 0 aliphatic rings. The number of carbonyl (C=O) groups excluding carboxylic acids is 2. The number of hydrogen-bond acceptors (Lipinski definition) is 5. The molecule has 6 nitrogen and oxygen atoms in total. The lowest BCUT2D eigenvalue weighted by Crippen LogP contribution is -2.30. The molecule has 0 aliphatic carbocycles. The molecule has 1 aromatic heterocycles. The number of para-hydroxylation sites is 1. The van der Waals surface area contributed by atoms with Crippen molar-refractivity contribution in [2.45, 2.75) is 32.9 Å². The van der Waals surface area contributed by atoms with Crippen molar-refractivity contribution in [2.24, 2.45) is 0 Å². The molecule has 138 valence electrons. The summed E-state index contributed by atoms with van der Waals surface area (Å²) in [5.41, 5.74) is 1.84. The van der Waals surface area contributed by atoms with Crippen LogP contribution in [0.4, 0.5) is 0 Å². The summed E-state index contributed by atoms with van der Waals surface area (Å²) in [6, 6.07) is 14.1. The first-order valence-corrected chi connectivity index (χ1v) is 8.76. The Morgan fingerprint density at radius 2 is 1.81 bits per heavy atom. The zero-order valence-electron chi connectivity index (χ0n) is 15.2. The Hall–Kier alpha value is -3.28. The molecule has 0 unspecified atom stereocenters. The van der Waals surface area contributed by atoms with E-state index in [4.69, 9.17) is 4.74 Å². The SMILES string of the molecule is CCc1ccc(C(=O)[C@H](C)OC(=O)Cn2cnc3ccccc3c2=O)cc1. The van der Waals surface area contributed by atoms with Gasteiger partial charge in [0.15, 0.2) is 6.10 Å². The Kier molecular flexibility index (Phi) is 5.45. The quantitative estimate of drug-likeness (QED) is 0.496. The smallest absolute Gasteiger partial charge is 0.326 e. The molecule has 0 fully saturated rings. The monoisotopic (exact) mass is 364 g/mol. The first-order valence-electron chi connectivity index (χ1n) is 8.76. The lowest BCUT2D eigenvalue weighted by molar-refractivity contribution is -0.147. The highest BCUT2D eigenvalue weighted by Gasteiger charge is 2.20. The molecular weight excluding hydrogens is 344 g/mol. The number of fused-ring (bicyclic) bond motifs is 1. The van der Waals surface area contributed by atoms with E-state index in [1.54, 1.807) is 36.4 Å². The van der Waals surface area contributed by atoms with E-state index in [1.807, 2.05) is 19.1 Å². The van der Waals surface area contributed by atoms with Crippen LogP contribution < -0.4 is 5.56 Å². The van der Waals surface area contributed by atoms with Crippen molar-refractivity contribution in [3.63, 3.8) is 0 Å². The van der Waals surface area contributed by atoms with Crippen LogP contribution in [0, 0.1) is 0 Å². The summed E-state index contributed by atoms with van der Waals surface area (Å²) in [4.78, 5) is 41.2. The standard InChI is InChI=1S/C21H20N2O4/c1-3-15-8-10-16(11-9-15)20(25)14(2)27-19(24)12-23-13-22-18-7-5-4-6-17(18)21(23)26/h4-11,13-14H,3,12H2,1-2H3/t14-/m0/s1. The summed E-state index contributed by atoms with van der Waals surface area (Å²) in [6.45, 7) is 3.25. The topological polar surface area (TPSA) is 78.3 Å². The predicted molar refractivity (Wildman–Crippen MR) is 102 cm³/mol. The average Bonchev–Trinajstić information content (AvgIpc) is 2.69. The van der Waals surface area contributed by atoms with Crippen LogP contribution in [0.15, 0.2) is 59.7 Å². The molecule has 0 aliphatic heterocycles. The molecule has 0 N–H and O–H groups in total. The third-order valence-corrected chi connectivity index (χ3v) is 4.36. The Balaban J connectivity index is 1.69. The molecule has 2 aromatic carbocycles. The van der Waals surface area contributed by atoms with Crippen LogP contribution in [0.2, 0.25) is 0 Å². The number of Topliss-reactive ketones (excluding diaryl/α,β-unsaturated/α-hetero) is 1. The van der Waals surface area contributed by atoms with Crippen LogP contribution in [0.5, 0.6) is 0 Å². The van der Waals surface area contributed by atoms with Gasteiger partial charge in [-0.3, -0.25) is 19.0 Å². The van der Waals surface area contributed by atoms with E-state index in [0.717, 1.165) is 12.0 Å². The highest BCUT2D eigenvalue weighted by atomic mass is 16.5. The summed E-state index contributed by atoms with van der Waals surface area (Å²) in [5.74, 6) is -0.949. The van der Waals surface area contributed by atoms with Gasteiger partial charge in [-0.2, -0.15) is 0 Å². The number of ether oxygens (including phenoxy) is 1. The van der Waals surface area contributed by atoms with E-state index in [1.165, 1.54) is 17.8 Å². The highest BCUT2D eigenvalue weighted by Crippen LogP contribution is 2.10. The number of rotatable bonds is 6. The van der Waals surface area contributed by atoms with Crippen LogP contribution in [-0.4, -0.2) is 27.4 Å². The third kappa shape index (κ3) is 4.11. The lowest BCUT2D eigenvalue weighted by atomic mass is 10.0. The number of nitrogens with zero attached hydrogens (tertiary/aromatic N) is 2. The summed E-state index contributed by atoms with van der Waals surface area (Å²) < 4.78 is 6.40. The van der Waals surface area contributed by atoms with Crippen molar-refractivity contribution < 1.29 is 14.3 Å². The fourth-order valence-electron chi connectivity index (χ4n) is 2.79. The van der Waals surface area contributed by atoms with Crippen molar-refractivity contribution in [1.29, 1.82) is 0 Å². The number of hydrogen-bond donors (Lipinski definition) is 0. The van der Waals surface area contributed by atoms with Gasteiger partial charge in [-0.1, -0.05) is 43.3 Å². The van der Waals surface area contributed by atoms with Crippen molar-refractivity contribution in [2.75, 3.05) is 0 Å². The average molecular weight is 364 g/mol. The molecule has 0 bridgehead atoms. The highest BCUT2D eigenvalue weighted by molar-refractivity contribution is 6.00. The second-order valence-corrected chi connectivity index (χ2v) is 6.24. The lowest BCUT2D eigenvalue weighted by Gasteiger charge is -2.13. The maximum absolute atomic E-state index is 12.4. The fourth-order valence-corrected chi connectivity index (χ4v) is 2.79. The summed E-state index contributed by atoms with van der Waals surface area (Å²) in [6.07, 6.45) is 1.25. The Labute approximate surface area is 156 Å². The molecule has 1 atom stereocenters. The van der Waals surface area contributed by atoms with Gasteiger partial charge in [0.25, 0.3) is 5.56 Å². The molecule has 0 saturated heterocycles. The number of ketones is 1. The van der Waals surface area contributed by atoms with E-state index in [9.17, 15) is 14.4 Å². The number of carbonyl (C=O) groups is 2. The van der Waals surface area contributed by atoms with Crippen molar-refractivity contribution in [3.8, 4) is 0 Å². The van der Waals surface area contributed by atoms with Gasteiger partial charge >= 0.3 is 5.97 Å². The van der Waals surface area contributed by atoms with Crippen LogP contribution >= 0.6 is 0 Å². The van der Waals surface area contributed by atoms with Gasteiger partial charge in [0.05, 0.1) is 17.2 Å². The first kappa shape index (κ1) is 18.5. The number of aromatic nitrogens is 2. The van der Waals surface area contributed by atoms with Gasteiger partial charge in [0, 0.05) is 5.56 Å². The molecule has 3 aromatic rings. The van der Waals surface area contributed by atoms with Gasteiger partial charge in [0.2, 0.25) is 5.78 Å². The predicted octanol–water partition coefficient (Wildman–Crippen LogP) is 2.77. The van der Waals surface area contributed by atoms with Gasteiger partial charge in [-0.15, -0.1) is 0 Å². The minimum Gasteiger partial charge on any atom is -0.453 e. The molecule has 0 spiro atoms. The second-order valence-electron chi connectivity index (χ2n) is 6.24. The molecule has 1 heterocycles. The van der Waals surface area contributed by atoms with Crippen LogP contribution in [-0.2, 0) is 22.5 Å². The van der Waals surface area contributed by atoms with E-state index < -0.39 is 12.1 Å². The first-order chi connectivity index (χ1) is 13.0. The summed E-state index contributed by atoms with van der Waals surface area (Å²) in [5, 5.41) is 0.424. The number of esters is 1. The summed E-state index contributed by atoms with van der Waals surface area (Å²) in [7, 11) is 0. The van der Waals surface area contributed by atoms with Gasteiger partial charge in [0.1, 0.15) is 6.54 Å². The van der Waals surface area contributed by atoms with Crippen molar-refractivity contribution in [1.82, 2.24) is 9.55 Å². The normalized spacial score (nSPS) is 11.9. The molecule has 27 heavy (non-hydrogen) atoms. The minimum absolute atomic E-state index is 0.282. The zero-order chi connectivity index (χ0) is 19.4. The third-order valence-electron chi connectivity index (χ3n) is 4.36. The molecule has 0 radical (unpaired) electrons. The van der Waals surface area contributed by atoms with E-state index in [2.05, 4.69) is 4.98 Å². The van der Waals surface area contributed by atoms with Crippen molar-refractivity contribution >= 4 is 22.7 Å². The van der Waals surface area contributed by atoms with Crippen LogP contribution in [0.3, 0.4) is 0 Å². The molecule has 0 saturated carbocycles. The minimum atomic E-state index is -0.936. The molecule has 3 rings (SSSR count). The van der Waals surface area contributed by atoms with Gasteiger partial charge < -0.3 is 4.74 Å². The number of benzene rings is 2. The maximum atomic E-state index is 12.4. The van der Waals surface area contributed by atoms with E-state index in [-0.39, 0.29) is 17.9 Å². The Morgan fingerprint density at radius 1 is 1.11 bits per heavy atom. The molecule has 0 amide bonds. The van der Waals surface area contributed by atoms with Gasteiger partial charge in [-0.05, 0) is 31.0 Å². The zero-order valence-corrected chi connectivity index (χ0v) is 15.2. The van der Waals surface area contributed by atoms with E-state index in [0.29, 0.717) is 16.5 Å². The van der Waals surface area contributed by atoms with Crippen LogP contribution in [0.25, 0.3) is 10.9 Å². The largest absolute Gasteiger partial charge is 0.453 e. The number of aryl methyl sites for hydroxylation is 1. The van der Waals surface area contributed by atoms with E-state index >= 15 is 0 Å². The maximum Gasteiger partial charge on any atom is 0.326 e. The van der Waals surface area contributed by atoms with Crippen molar-refractivity contribution in [3.05, 3.63) is 76.3 Å². The van der Waals surface area contributed by atoms with Gasteiger partial charge in [-0.25, -0.2) is 4.98 Å². The fraction of sp³-hybridized carbons (Fsp3) is 0.238. The molecule has 6 heteroatoms. The summed E-state index contributed by atoms with van der Waals surface area (Å²) >= 11 is 0.